The van der Waals surface area contributed by atoms with Crippen molar-refractivity contribution in [2.75, 3.05) is 6.54 Å². The van der Waals surface area contributed by atoms with Gasteiger partial charge in [0, 0.05) is 19.0 Å². The Kier molecular flexibility index (Phi) is 2.25. The zero-order chi connectivity index (χ0) is 12.2. The van der Waals surface area contributed by atoms with Gasteiger partial charge in [0.05, 0.1) is 0 Å². The summed E-state index contributed by atoms with van der Waals surface area (Å²) in [7, 11) is 0. The molecule has 0 aromatic heterocycles. The van der Waals surface area contributed by atoms with Gasteiger partial charge in [-0.3, -0.25) is 9.59 Å². The summed E-state index contributed by atoms with van der Waals surface area (Å²) in [5.74, 6) is 0.596. The molecule has 3 rings (SSSR count). The number of carbonyl (C=O) groups excluding carboxylic acids is 2. The molecule has 2 unspecified atom stereocenters. The van der Waals surface area contributed by atoms with Gasteiger partial charge in [-0.05, 0) is 30.6 Å². The van der Waals surface area contributed by atoms with E-state index < -0.39 is 0 Å². The van der Waals surface area contributed by atoms with E-state index in [1.807, 2.05) is 4.90 Å². The van der Waals surface area contributed by atoms with Gasteiger partial charge in [0.25, 0.3) is 0 Å². The molecule has 0 radical (unpaired) electrons. The fourth-order valence-electron chi connectivity index (χ4n) is 2.85. The number of carbonyl (C=O) groups is 2. The van der Waals surface area contributed by atoms with E-state index in [1.165, 1.54) is 0 Å². The van der Waals surface area contributed by atoms with Crippen molar-refractivity contribution >= 4 is 11.8 Å². The van der Waals surface area contributed by atoms with Crippen LogP contribution in [0.25, 0.3) is 0 Å². The fourth-order valence-corrected chi connectivity index (χ4v) is 2.85. The molecule has 3 fully saturated rings. The van der Waals surface area contributed by atoms with Gasteiger partial charge in [0.15, 0.2) is 0 Å². The topological polar surface area (TPSA) is 49.4 Å². The average Bonchev–Trinajstić information content (AvgIpc) is 3.11. The third-order valence-corrected chi connectivity index (χ3v) is 4.38. The highest BCUT2D eigenvalue weighted by atomic mass is 16.2. The number of hydrogen-bond acceptors (Lipinski definition) is 2. The standard InChI is InChI=1S/C13H20N2O2/c1-13(2)7-9(13)15-6-5-10(16)14-11(12(15)17)8-3-4-8/h8-9,11H,3-7H2,1-2H3,(H,14,16). The lowest BCUT2D eigenvalue weighted by atomic mass is 10.1. The minimum atomic E-state index is -0.235. The summed E-state index contributed by atoms with van der Waals surface area (Å²) in [5, 5.41) is 2.90. The maximum Gasteiger partial charge on any atom is 0.245 e. The maximum absolute atomic E-state index is 12.5. The van der Waals surface area contributed by atoms with Gasteiger partial charge in [0.2, 0.25) is 11.8 Å². The molecule has 2 atom stereocenters. The molecule has 1 saturated heterocycles. The van der Waals surface area contributed by atoms with Gasteiger partial charge in [0.1, 0.15) is 6.04 Å². The summed E-state index contributed by atoms with van der Waals surface area (Å²) in [6.07, 6.45) is 3.70. The molecule has 94 valence electrons. The molecule has 2 aliphatic carbocycles. The molecule has 4 heteroatoms. The molecule has 4 nitrogen and oxygen atoms in total. The molecular weight excluding hydrogens is 216 g/mol. The summed E-state index contributed by atoms with van der Waals surface area (Å²) in [5.41, 5.74) is 0.247. The first-order valence-corrected chi connectivity index (χ1v) is 6.59. The summed E-state index contributed by atoms with van der Waals surface area (Å²) in [6.45, 7) is 4.98. The summed E-state index contributed by atoms with van der Waals surface area (Å²) >= 11 is 0. The Bertz CT molecular complexity index is 374. The third kappa shape index (κ3) is 1.94. The van der Waals surface area contributed by atoms with Gasteiger partial charge < -0.3 is 10.2 Å². The van der Waals surface area contributed by atoms with Crippen LogP contribution in [0.4, 0.5) is 0 Å². The van der Waals surface area contributed by atoms with Crippen molar-refractivity contribution in [1.82, 2.24) is 10.2 Å². The van der Waals surface area contributed by atoms with Crippen molar-refractivity contribution < 1.29 is 9.59 Å². The normalized spacial score (nSPS) is 36.5. The smallest absolute Gasteiger partial charge is 0.245 e. The van der Waals surface area contributed by atoms with Crippen LogP contribution in [0.5, 0.6) is 0 Å². The minimum Gasteiger partial charge on any atom is -0.344 e. The number of hydrogen-bond donors (Lipinski definition) is 1. The Hall–Kier alpha value is -1.06. The van der Waals surface area contributed by atoms with E-state index in [1.54, 1.807) is 0 Å². The van der Waals surface area contributed by atoms with Crippen molar-refractivity contribution in [1.29, 1.82) is 0 Å². The van der Waals surface area contributed by atoms with E-state index in [4.69, 9.17) is 0 Å². The van der Waals surface area contributed by atoms with Gasteiger partial charge in [-0.25, -0.2) is 0 Å². The molecule has 0 bridgehead atoms. The second-order valence-corrected chi connectivity index (χ2v) is 6.37. The fraction of sp³-hybridized carbons (Fsp3) is 0.846. The van der Waals surface area contributed by atoms with Gasteiger partial charge >= 0.3 is 0 Å². The van der Waals surface area contributed by atoms with Crippen molar-refractivity contribution in [2.24, 2.45) is 11.3 Å². The predicted molar refractivity (Wildman–Crippen MR) is 63.2 cm³/mol. The highest BCUT2D eigenvalue weighted by molar-refractivity contribution is 5.90. The zero-order valence-corrected chi connectivity index (χ0v) is 10.5. The van der Waals surface area contributed by atoms with Crippen LogP contribution in [0.1, 0.15) is 39.5 Å². The SMILES string of the molecule is CC1(C)CC1N1CCC(=O)NC(C2CC2)C1=O. The number of rotatable bonds is 2. The maximum atomic E-state index is 12.5. The molecule has 3 aliphatic rings. The Balaban J connectivity index is 1.79. The zero-order valence-electron chi connectivity index (χ0n) is 10.5. The van der Waals surface area contributed by atoms with Crippen molar-refractivity contribution in [2.45, 2.75) is 51.6 Å². The molecule has 1 heterocycles. The molecule has 0 spiro atoms. The van der Waals surface area contributed by atoms with E-state index in [-0.39, 0.29) is 23.3 Å². The lowest BCUT2D eigenvalue weighted by Gasteiger charge is -2.25. The molecule has 0 aromatic rings. The van der Waals surface area contributed by atoms with Crippen LogP contribution in [0.2, 0.25) is 0 Å². The van der Waals surface area contributed by atoms with Crippen LogP contribution in [0.3, 0.4) is 0 Å². The van der Waals surface area contributed by atoms with E-state index in [9.17, 15) is 9.59 Å². The van der Waals surface area contributed by atoms with Crippen molar-refractivity contribution in [3.8, 4) is 0 Å². The van der Waals surface area contributed by atoms with E-state index in [0.717, 1.165) is 19.3 Å². The quantitative estimate of drug-likeness (QED) is 0.775. The van der Waals surface area contributed by atoms with Crippen LogP contribution >= 0.6 is 0 Å². The van der Waals surface area contributed by atoms with Crippen LogP contribution < -0.4 is 5.32 Å². The molecule has 2 amide bonds. The lowest BCUT2D eigenvalue weighted by molar-refractivity contribution is -0.135. The van der Waals surface area contributed by atoms with Crippen molar-refractivity contribution in [3.05, 3.63) is 0 Å². The largest absolute Gasteiger partial charge is 0.344 e. The Morgan fingerprint density at radius 1 is 1.29 bits per heavy atom. The molecular formula is C13H20N2O2. The van der Waals surface area contributed by atoms with E-state index in [2.05, 4.69) is 19.2 Å². The van der Waals surface area contributed by atoms with Gasteiger partial charge in [-0.1, -0.05) is 13.8 Å². The molecule has 1 aliphatic heterocycles. The van der Waals surface area contributed by atoms with E-state index in [0.29, 0.717) is 24.9 Å². The highest BCUT2D eigenvalue weighted by Crippen LogP contribution is 2.49. The van der Waals surface area contributed by atoms with E-state index >= 15 is 0 Å². The Labute approximate surface area is 102 Å². The van der Waals surface area contributed by atoms with Crippen LogP contribution in [-0.4, -0.2) is 35.3 Å². The first-order chi connectivity index (χ1) is 7.99. The molecule has 2 saturated carbocycles. The number of nitrogens with zero attached hydrogens (tertiary/aromatic N) is 1. The van der Waals surface area contributed by atoms with Crippen LogP contribution in [-0.2, 0) is 9.59 Å². The number of amides is 2. The second-order valence-electron chi connectivity index (χ2n) is 6.37. The molecule has 17 heavy (non-hydrogen) atoms. The minimum absolute atomic E-state index is 0.0382. The van der Waals surface area contributed by atoms with Crippen LogP contribution in [0.15, 0.2) is 0 Å². The summed E-state index contributed by atoms with van der Waals surface area (Å²) < 4.78 is 0. The van der Waals surface area contributed by atoms with Gasteiger partial charge in [-0.15, -0.1) is 0 Å². The highest BCUT2D eigenvalue weighted by Gasteiger charge is 2.53. The lowest BCUT2D eigenvalue weighted by Crippen LogP contribution is -2.47. The van der Waals surface area contributed by atoms with Crippen LogP contribution in [0, 0.1) is 11.3 Å². The molecule has 1 N–H and O–H groups in total. The second kappa shape index (κ2) is 3.47. The number of nitrogens with one attached hydrogen (secondary N) is 1. The summed E-state index contributed by atoms with van der Waals surface area (Å²) in [6, 6.07) is 0.116. The Morgan fingerprint density at radius 2 is 1.94 bits per heavy atom. The van der Waals surface area contributed by atoms with Crippen molar-refractivity contribution in [3.63, 3.8) is 0 Å². The van der Waals surface area contributed by atoms with Gasteiger partial charge in [-0.2, -0.15) is 0 Å². The average molecular weight is 236 g/mol. The first kappa shape index (κ1) is 11.1. The monoisotopic (exact) mass is 236 g/mol. The first-order valence-electron chi connectivity index (χ1n) is 6.59. The predicted octanol–water partition coefficient (Wildman–Crippen LogP) is 0.912. The molecule has 0 aromatic carbocycles. The Morgan fingerprint density at radius 3 is 2.47 bits per heavy atom. The summed E-state index contributed by atoms with van der Waals surface area (Å²) in [4.78, 5) is 26.0. The third-order valence-electron chi connectivity index (χ3n) is 4.38.